The molecule has 1 aliphatic heterocycles. The van der Waals surface area contributed by atoms with Crippen LogP contribution in [0.3, 0.4) is 0 Å². The van der Waals surface area contributed by atoms with Crippen LogP contribution < -0.4 is 5.32 Å². The van der Waals surface area contributed by atoms with E-state index in [0.717, 1.165) is 10.7 Å². The summed E-state index contributed by atoms with van der Waals surface area (Å²) < 4.78 is 0.783. The van der Waals surface area contributed by atoms with Crippen LogP contribution in [0.1, 0.15) is 11.1 Å². The number of aromatic hydroxyl groups is 1. The lowest BCUT2D eigenvalue weighted by Crippen LogP contribution is -2.13. The Morgan fingerprint density at radius 3 is 2.83 bits per heavy atom. The first kappa shape index (κ1) is 15.8. The Hall–Kier alpha value is -3.07. The van der Waals surface area contributed by atoms with E-state index in [9.17, 15) is 20.0 Å². The van der Waals surface area contributed by atoms with E-state index in [4.69, 9.17) is 0 Å². The summed E-state index contributed by atoms with van der Waals surface area (Å²) in [7, 11) is 0. The number of fused-ring (bicyclic) bond motifs is 1. The van der Waals surface area contributed by atoms with Crippen molar-refractivity contribution in [2.75, 3.05) is 5.32 Å². The number of benzene rings is 2. The van der Waals surface area contributed by atoms with Gasteiger partial charge in [-0.3, -0.25) is 14.9 Å². The summed E-state index contributed by atoms with van der Waals surface area (Å²) in [6, 6.07) is 9.29. The summed E-state index contributed by atoms with van der Waals surface area (Å²) in [6.07, 6.45) is 1.15. The number of nitro groups is 1. The number of para-hydroxylation sites is 1. The zero-order chi connectivity index (χ0) is 17.3. The highest BCUT2D eigenvalue weighted by molar-refractivity contribution is 9.10. The molecule has 24 heavy (non-hydrogen) atoms. The monoisotopic (exact) mass is 388 g/mol. The summed E-state index contributed by atoms with van der Waals surface area (Å²) in [5.41, 5.74) is 1.03. The average molecular weight is 389 g/mol. The molecule has 2 N–H and O–H groups in total. The van der Waals surface area contributed by atoms with Crippen LogP contribution in [0.5, 0.6) is 5.75 Å². The van der Waals surface area contributed by atoms with Gasteiger partial charge in [0, 0.05) is 21.7 Å². The van der Waals surface area contributed by atoms with Crippen LogP contribution in [-0.4, -0.2) is 27.9 Å². The first-order valence-electron chi connectivity index (χ1n) is 6.66. The Morgan fingerprint density at radius 2 is 2.08 bits per heavy atom. The molecule has 0 radical (unpaired) electrons. The van der Waals surface area contributed by atoms with Crippen LogP contribution in [0.25, 0.3) is 0 Å². The van der Waals surface area contributed by atoms with E-state index >= 15 is 0 Å². The molecular weight excluding hydrogens is 380 g/mol. The Labute approximate surface area is 143 Å². The number of hydrogen-bond donors (Lipinski definition) is 2. The topological polar surface area (TPSA) is 117 Å². The van der Waals surface area contributed by atoms with Gasteiger partial charge in [-0.05, 0) is 24.3 Å². The first-order chi connectivity index (χ1) is 11.5. The molecule has 0 saturated heterocycles. The van der Waals surface area contributed by atoms with E-state index < -0.39 is 22.3 Å². The zero-order valence-electron chi connectivity index (χ0n) is 11.9. The van der Waals surface area contributed by atoms with Crippen LogP contribution in [0.2, 0.25) is 0 Å². The Balaban J connectivity index is 1.94. The van der Waals surface area contributed by atoms with Gasteiger partial charge in [0.2, 0.25) is 5.75 Å². The molecule has 0 fully saturated rings. The van der Waals surface area contributed by atoms with Crippen LogP contribution in [0.15, 0.2) is 51.1 Å². The molecule has 0 spiro atoms. The molecule has 1 amide bonds. The number of nitrogens with zero attached hydrogens (tertiary/aromatic N) is 3. The second-order valence-electron chi connectivity index (χ2n) is 4.81. The maximum absolute atomic E-state index is 11.9. The molecule has 3 rings (SSSR count). The number of phenols is 1. The van der Waals surface area contributed by atoms with E-state index in [1.54, 1.807) is 18.2 Å². The van der Waals surface area contributed by atoms with Crippen molar-refractivity contribution >= 4 is 45.1 Å². The summed E-state index contributed by atoms with van der Waals surface area (Å²) in [6.45, 7) is 0. The van der Waals surface area contributed by atoms with Gasteiger partial charge in [0.25, 0.3) is 5.91 Å². The summed E-state index contributed by atoms with van der Waals surface area (Å²) in [5, 5.41) is 30.9. The highest BCUT2D eigenvalue weighted by atomic mass is 79.9. The molecule has 2 aromatic rings. The van der Waals surface area contributed by atoms with Gasteiger partial charge in [0.05, 0.1) is 16.8 Å². The van der Waals surface area contributed by atoms with Gasteiger partial charge in [-0.2, -0.15) is 5.10 Å². The second kappa shape index (κ2) is 6.20. The maximum Gasteiger partial charge on any atom is 0.311 e. The van der Waals surface area contributed by atoms with Crippen molar-refractivity contribution in [3.8, 4) is 5.75 Å². The van der Waals surface area contributed by atoms with Crippen LogP contribution in [0.4, 0.5) is 11.4 Å². The molecule has 0 saturated carbocycles. The molecule has 0 unspecified atom stereocenters. The lowest BCUT2D eigenvalue weighted by atomic mass is 10.1. The lowest BCUT2D eigenvalue weighted by molar-refractivity contribution is -0.385. The normalized spacial score (nSPS) is 14.9. The third kappa shape index (κ3) is 2.88. The fourth-order valence-electron chi connectivity index (χ4n) is 2.17. The molecule has 9 heteroatoms. The van der Waals surface area contributed by atoms with Gasteiger partial charge < -0.3 is 10.4 Å². The summed E-state index contributed by atoms with van der Waals surface area (Å²) in [4.78, 5) is 22.0. The Morgan fingerprint density at radius 1 is 1.29 bits per heavy atom. The number of nitro benzene ring substituents is 1. The third-order valence-electron chi connectivity index (χ3n) is 3.30. The van der Waals surface area contributed by atoms with Crippen LogP contribution in [0, 0.1) is 10.1 Å². The zero-order valence-corrected chi connectivity index (χ0v) is 13.5. The quantitative estimate of drug-likeness (QED) is 0.477. The molecule has 2 aromatic carbocycles. The van der Waals surface area contributed by atoms with Gasteiger partial charge in [-0.1, -0.05) is 22.0 Å². The molecule has 0 bridgehead atoms. The van der Waals surface area contributed by atoms with Crippen molar-refractivity contribution < 1.29 is 14.8 Å². The number of nitrogens with one attached hydrogen (secondary N) is 1. The minimum absolute atomic E-state index is 0.118. The van der Waals surface area contributed by atoms with E-state index in [2.05, 4.69) is 31.4 Å². The molecule has 1 heterocycles. The third-order valence-corrected chi connectivity index (χ3v) is 3.79. The number of carbonyl (C=O) groups excluding carboxylic acids is 1. The molecule has 0 aliphatic carbocycles. The Bertz CT molecular complexity index is 924. The molecule has 120 valence electrons. The largest absolute Gasteiger partial charge is 0.502 e. The van der Waals surface area contributed by atoms with Gasteiger partial charge in [0.1, 0.15) is 0 Å². The molecule has 0 atom stereocenters. The van der Waals surface area contributed by atoms with Gasteiger partial charge in [0.15, 0.2) is 5.71 Å². The van der Waals surface area contributed by atoms with E-state index in [1.165, 1.54) is 18.2 Å². The molecule has 1 aliphatic rings. The maximum atomic E-state index is 11.9. The predicted molar refractivity (Wildman–Crippen MR) is 91.7 cm³/mol. The van der Waals surface area contributed by atoms with Crippen molar-refractivity contribution in [2.45, 2.75) is 0 Å². The minimum Gasteiger partial charge on any atom is -0.502 e. The van der Waals surface area contributed by atoms with E-state index in [-0.39, 0.29) is 11.3 Å². The highest BCUT2D eigenvalue weighted by Crippen LogP contribution is 2.29. The average Bonchev–Trinajstić information content (AvgIpc) is 2.84. The van der Waals surface area contributed by atoms with E-state index in [0.29, 0.717) is 11.3 Å². The number of anilines is 1. The molecular formula is C15H9BrN4O4. The van der Waals surface area contributed by atoms with Crippen molar-refractivity contribution in [3.63, 3.8) is 0 Å². The number of amides is 1. The SMILES string of the molecule is O=C1Nc2ccc(Br)cc2/C1=N/N=C/c1cccc([N+](=O)[O-])c1O. The smallest absolute Gasteiger partial charge is 0.311 e. The number of carbonyl (C=O) groups is 1. The lowest BCUT2D eigenvalue weighted by Gasteiger charge is -1.99. The van der Waals surface area contributed by atoms with Crippen molar-refractivity contribution in [1.82, 2.24) is 0 Å². The molecule has 8 nitrogen and oxygen atoms in total. The fraction of sp³-hybridized carbons (Fsp3) is 0. The highest BCUT2D eigenvalue weighted by Gasteiger charge is 2.26. The van der Waals surface area contributed by atoms with Crippen molar-refractivity contribution in [2.24, 2.45) is 10.2 Å². The Kier molecular flexibility index (Phi) is 4.09. The number of phenolic OH excluding ortho intramolecular Hbond substituents is 1. The minimum atomic E-state index is -0.698. The number of rotatable bonds is 3. The fourth-order valence-corrected chi connectivity index (χ4v) is 2.53. The second-order valence-corrected chi connectivity index (χ2v) is 5.72. The van der Waals surface area contributed by atoms with Crippen LogP contribution >= 0.6 is 15.9 Å². The van der Waals surface area contributed by atoms with Crippen molar-refractivity contribution in [1.29, 1.82) is 0 Å². The van der Waals surface area contributed by atoms with E-state index in [1.807, 2.05) is 0 Å². The van der Waals surface area contributed by atoms with Gasteiger partial charge >= 0.3 is 5.69 Å². The first-order valence-corrected chi connectivity index (χ1v) is 7.45. The number of halogens is 1. The molecule has 0 aromatic heterocycles. The number of hydrogen-bond acceptors (Lipinski definition) is 6. The van der Waals surface area contributed by atoms with Crippen molar-refractivity contribution in [3.05, 3.63) is 62.1 Å². The van der Waals surface area contributed by atoms with Crippen LogP contribution in [-0.2, 0) is 4.79 Å². The summed E-state index contributed by atoms with van der Waals surface area (Å²) in [5.74, 6) is -0.908. The standard InChI is InChI=1S/C15H9BrN4O4/c16-9-4-5-11-10(6-9)13(15(22)18-11)19-17-7-8-2-1-3-12(14(8)21)20(23)24/h1-7,21H,(H,18,19,22)/b17-7+. The van der Waals surface area contributed by atoms with Gasteiger partial charge in [-0.25, -0.2) is 0 Å². The predicted octanol–water partition coefficient (Wildman–Crippen LogP) is 2.84. The summed E-state index contributed by atoms with van der Waals surface area (Å²) >= 11 is 3.32. The van der Waals surface area contributed by atoms with Gasteiger partial charge in [-0.15, -0.1) is 5.10 Å².